The zero-order valence-electron chi connectivity index (χ0n) is 10.4. The molecule has 1 aromatic rings. The van der Waals surface area contributed by atoms with Crippen LogP contribution in [0, 0.1) is 6.92 Å². The van der Waals surface area contributed by atoms with Crippen LogP contribution in [0.5, 0.6) is 0 Å². The number of aromatic nitrogens is 2. The highest BCUT2D eigenvalue weighted by molar-refractivity contribution is 7.99. The van der Waals surface area contributed by atoms with Crippen LogP contribution < -0.4 is 0 Å². The van der Waals surface area contributed by atoms with Crippen LogP contribution in [0.15, 0.2) is 6.20 Å². The van der Waals surface area contributed by atoms with Gasteiger partial charge in [-0.2, -0.15) is 11.8 Å². The SMILES string of the molecule is CCC(C)SCc1ncc(C(C)O)c(C)n1. The Balaban J connectivity index is 2.66. The molecule has 90 valence electrons. The minimum absolute atomic E-state index is 0.490. The maximum absolute atomic E-state index is 9.47. The summed E-state index contributed by atoms with van der Waals surface area (Å²) in [5.74, 6) is 1.70. The lowest BCUT2D eigenvalue weighted by Crippen LogP contribution is -2.04. The van der Waals surface area contributed by atoms with E-state index in [1.54, 1.807) is 13.1 Å². The van der Waals surface area contributed by atoms with Gasteiger partial charge in [-0.05, 0) is 20.3 Å². The molecule has 2 atom stereocenters. The molecule has 0 amide bonds. The van der Waals surface area contributed by atoms with Crippen molar-refractivity contribution < 1.29 is 5.11 Å². The molecule has 0 saturated carbocycles. The summed E-state index contributed by atoms with van der Waals surface area (Å²) in [4.78, 5) is 8.68. The topological polar surface area (TPSA) is 46.0 Å². The third-order valence-electron chi connectivity index (χ3n) is 2.59. The van der Waals surface area contributed by atoms with Crippen molar-refractivity contribution in [3.8, 4) is 0 Å². The van der Waals surface area contributed by atoms with E-state index in [-0.39, 0.29) is 0 Å². The molecule has 0 aliphatic carbocycles. The van der Waals surface area contributed by atoms with Crippen molar-refractivity contribution in [2.75, 3.05) is 0 Å². The van der Waals surface area contributed by atoms with E-state index in [4.69, 9.17) is 0 Å². The van der Waals surface area contributed by atoms with Gasteiger partial charge in [0, 0.05) is 22.7 Å². The van der Waals surface area contributed by atoms with Gasteiger partial charge in [0.15, 0.2) is 0 Å². The number of aliphatic hydroxyl groups excluding tert-OH is 1. The van der Waals surface area contributed by atoms with Gasteiger partial charge < -0.3 is 5.11 Å². The first-order chi connectivity index (χ1) is 7.54. The van der Waals surface area contributed by atoms with Crippen LogP contribution in [-0.4, -0.2) is 20.3 Å². The summed E-state index contributed by atoms with van der Waals surface area (Å²) < 4.78 is 0. The highest BCUT2D eigenvalue weighted by atomic mass is 32.2. The van der Waals surface area contributed by atoms with Crippen molar-refractivity contribution in [2.24, 2.45) is 0 Å². The number of hydrogen-bond acceptors (Lipinski definition) is 4. The van der Waals surface area contributed by atoms with Crippen molar-refractivity contribution in [1.29, 1.82) is 0 Å². The zero-order chi connectivity index (χ0) is 12.1. The van der Waals surface area contributed by atoms with Crippen molar-refractivity contribution in [3.05, 3.63) is 23.3 Å². The molecule has 0 aromatic carbocycles. The average molecular weight is 240 g/mol. The summed E-state index contributed by atoms with van der Waals surface area (Å²) in [6.07, 6.45) is 2.41. The molecule has 1 rings (SSSR count). The van der Waals surface area contributed by atoms with E-state index in [0.29, 0.717) is 5.25 Å². The fraction of sp³-hybridized carbons (Fsp3) is 0.667. The van der Waals surface area contributed by atoms with Crippen LogP contribution in [-0.2, 0) is 5.75 Å². The third-order valence-corrected chi connectivity index (χ3v) is 3.92. The molecule has 0 saturated heterocycles. The molecule has 0 aliphatic heterocycles. The Morgan fingerprint density at radius 3 is 2.62 bits per heavy atom. The number of aliphatic hydroxyl groups is 1. The van der Waals surface area contributed by atoms with Gasteiger partial charge in [0.25, 0.3) is 0 Å². The second-order valence-electron chi connectivity index (χ2n) is 4.03. The molecule has 1 N–H and O–H groups in total. The third kappa shape index (κ3) is 3.76. The van der Waals surface area contributed by atoms with E-state index < -0.39 is 6.10 Å². The Kier molecular flexibility index (Phi) is 5.22. The van der Waals surface area contributed by atoms with E-state index in [1.807, 2.05) is 18.7 Å². The Morgan fingerprint density at radius 1 is 1.44 bits per heavy atom. The first-order valence-corrected chi connectivity index (χ1v) is 6.71. The predicted octanol–water partition coefficient (Wildman–Crippen LogP) is 2.87. The fourth-order valence-electron chi connectivity index (χ4n) is 1.34. The van der Waals surface area contributed by atoms with Crippen LogP contribution in [0.3, 0.4) is 0 Å². The van der Waals surface area contributed by atoms with E-state index in [1.165, 1.54) is 0 Å². The summed E-state index contributed by atoms with van der Waals surface area (Å²) >= 11 is 1.86. The number of nitrogens with zero attached hydrogens (tertiary/aromatic N) is 2. The van der Waals surface area contributed by atoms with Crippen molar-refractivity contribution in [2.45, 2.75) is 51.2 Å². The van der Waals surface area contributed by atoms with E-state index >= 15 is 0 Å². The molecule has 0 radical (unpaired) electrons. The maximum atomic E-state index is 9.47. The Morgan fingerprint density at radius 2 is 2.12 bits per heavy atom. The van der Waals surface area contributed by atoms with Gasteiger partial charge in [-0.15, -0.1) is 0 Å². The minimum Gasteiger partial charge on any atom is -0.389 e. The molecule has 4 heteroatoms. The summed E-state index contributed by atoms with van der Waals surface area (Å²) in [5, 5.41) is 10.1. The van der Waals surface area contributed by atoms with Crippen LogP contribution >= 0.6 is 11.8 Å². The van der Waals surface area contributed by atoms with Crippen LogP contribution in [0.25, 0.3) is 0 Å². The maximum Gasteiger partial charge on any atom is 0.138 e. The van der Waals surface area contributed by atoms with Crippen LogP contribution in [0.4, 0.5) is 0 Å². The second-order valence-corrected chi connectivity index (χ2v) is 5.46. The summed E-state index contributed by atoms with van der Waals surface area (Å²) in [5.41, 5.74) is 1.70. The van der Waals surface area contributed by atoms with Gasteiger partial charge in [-0.1, -0.05) is 13.8 Å². The van der Waals surface area contributed by atoms with E-state index in [9.17, 15) is 5.11 Å². The Bertz CT molecular complexity index is 342. The van der Waals surface area contributed by atoms with Gasteiger partial charge in [0.05, 0.1) is 11.9 Å². The number of thioether (sulfide) groups is 1. The van der Waals surface area contributed by atoms with Crippen molar-refractivity contribution in [1.82, 2.24) is 9.97 Å². The smallest absolute Gasteiger partial charge is 0.138 e. The summed E-state index contributed by atoms with van der Waals surface area (Å²) in [7, 11) is 0. The lowest BCUT2D eigenvalue weighted by Gasteiger charge is -2.10. The lowest BCUT2D eigenvalue weighted by atomic mass is 10.1. The van der Waals surface area contributed by atoms with Gasteiger partial charge in [-0.3, -0.25) is 0 Å². The van der Waals surface area contributed by atoms with Gasteiger partial charge >= 0.3 is 0 Å². The van der Waals surface area contributed by atoms with Crippen LogP contribution in [0.1, 0.15) is 50.4 Å². The molecule has 0 bridgehead atoms. The highest BCUT2D eigenvalue weighted by Crippen LogP contribution is 2.19. The Labute approximate surface area is 102 Å². The normalized spacial score (nSPS) is 14.8. The summed E-state index contributed by atoms with van der Waals surface area (Å²) in [6, 6.07) is 0. The molecule has 0 spiro atoms. The first kappa shape index (κ1) is 13.5. The lowest BCUT2D eigenvalue weighted by molar-refractivity contribution is 0.197. The molecule has 0 fully saturated rings. The second kappa shape index (κ2) is 6.21. The highest BCUT2D eigenvalue weighted by Gasteiger charge is 2.08. The molecular weight excluding hydrogens is 220 g/mol. The minimum atomic E-state index is -0.490. The predicted molar refractivity (Wildman–Crippen MR) is 68.5 cm³/mol. The number of rotatable bonds is 5. The fourth-order valence-corrected chi connectivity index (χ4v) is 2.15. The van der Waals surface area contributed by atoms with Gasteiger partial charge in [-0.25, -0.2) is 9.97 Å². The molecular formula is C12H20N2OS. The zero-order valence-corrected chi connectivity index (χ0v) is 11.2. The largest absolute Gasteiger partial charge is 0.389 e. The number of aryl methyl sites for hydroxylation is 1. The number of hydrogen-bond donors (Lipinski definition) is 1. The molecule has 1 aromatic heterocycles. The van der Waals surface area contributed by atoms with E-state index in [2.05, 4.69) is 23.8 Å². The molecule has 16 heavy (non-hydrogen) atoms. The monoisotopic (exact) mass is 240 g/mol. The van der Waals surface area contributed by atoms with Gasteiger partial charge in [0.1, 0.15) is 5.82 Å². The van der Waals surface area contributed by atoms with Gasteiger partial charge in [0.2, 0.25) is 0 Å². The van der Waals surface area contributed by atoms with Crippen molar-refractivity contribution >= 4 is 11.8 Å². The average Bonchev–Trinajstić information content (AvgIpc) is 2.25. The molecule has 0 aliphatic rings. The standard InChI is InChI=1S/C12H20N2OS/c1-5-8(2)16-7-12-13-6-11(10(4)15)9(3)14-12/h6,8,10,15H,5,7H2,1-4H3. The first-order valence-electron chi connectivity index (χ1n) is 5.66. The van der Waals surface area contributed by atoms with E-state index in [0.717, 1.165) is 29.3 Å². The van der Waals surface area contributed by atoms with Crippen molar-refractivity contribution in [3.63, 3.8) is 0 Å². The Hall–Kier alpha value is -0.610. The summed E-state index contributed by atoms with van der Waals surface area (Å²) in [6.45, 7) is 8.04. The quantitative estimate of drug-likeness (QED) is 0.859. The molecule has 1 heterocycles. The molecule has 3 nitrogen and oxygen atoms in total. The van der Waals surface area contributed by atoms with Crippen LogP contribution in [0.2, 0.25) is 0 Å². The molecule has 2 unspecified atom stereocenters.